The van der Waals surface area contributed by atoms with Crippen LogP contribution in [0.4, 0.5) is 0 Å². The monoisotopic (exact) mass is 332 g/mol. The Morgan fingerprint density at radius 2 is 2.00 bits per heavy atom. The molecule has 0 fully saturated rings. The van der Waals surface area contributed by atoms with Crippen LogP contribution in [0.3, 0.4) is 0 Å². The van der Waals surface area contributed by atoms with Gasteiger partial charge in [-0.1, -0.05) is 0 Å². The van der Waals surface area contributed by atoms with Gasteiger partial charge >= 0.3 is 0 Å². The van der Waals surface area contributed by atoms with Gasteiger partial charge in [-0.05, 0) is 26.8 Å². The number of imidazole rings is 1. The Morgan fingerprint density at radius 1 is 1.23 bits per heavy atom. The molecule has 114 valence electrons. The van der Waals surface area contributed by atoms with E-state index in [9.17, 15) is 0 Å². The van der Waals surface area contributed by atoms with Gasteiger partial charge in [-0.15, -0.1) is 27.8 Å². The van der Waals surface area contributed by atoms with Gasteiger partial charge in [0.1, 0.15) is 5.69 Å². The van der Waals surface area contributed by atoms with E-state index in [4.69, 9.17) is 16.5 Å². The number of rotatable bonds is 3. The average Bonchev–Trinajstić information content (AvgIpc) is 3.03. The van der Waals surface area contributed by atoms with Crippen molar-refractivity contribution < 1.29 is 0 Å². The summed E-state index contributed by atoms with van der Waals surface area (Å²) < 4.78 is 2.02. The van der Waals surface area contributed by atoms with Gasteiger partial charge in [0.25, 0.3) is 0 Å². The smallest absolute Gasteiger partial charge is 0.211 e. The SMILES string of the molecule is Cc1cc(-c2nc3sc(C)cn3c2/C=N/N=C(N)N)c(C)s1. The minimum atomic E-state index is -0.0670. The summed E-state index contributed by atoms with van der Waals surface area (Å²) in [5.41, 5.74) is 13.6. The minimum Gasteiger partial charge on any atom is -0.369 e. The number of nitrogens with zero attached hydrogens (tertiary/aromatic N) is 4. The lowest BCUT2D eigenvalue weighted by atomic mass is 10.1. The normalized spacial score (nSPS) is 11.6. The highest BCUT2D eigenvalue weighted by molar-refractivity contribution is 7.17. The van der Waals surface area contributed by atoms with Crippen LogP contribution in [0.5, 0.6) is 0 Å². The first kappa shape index (κ1) is 14.7. The molecule has 8 heteroatoms. The van der Waals surface area contributed by atoms with E-state index in [1.165, 1.54) is 14.6 Å². The van der Waals surface area contributed by atoms with Gasteiger partial charge in [0.05, 0.1) is 11.9 Å². The molecule has 4 N–H and O–H groups in total. The van der Waals surface area contributed by atoms with Crippen LogP contribution < -0.4 is 11.5 Å². The minimum absolute atomic E-state index is 0.0670. The molecule has 0 bridgehead atoms. The van der Waals surface area contributed by atoms with Gasteiger partial charge < -0.3 is 11.5 Å². The van der Waals surface area contributed by atoms with Crippen LogP contribution >= 0.6 is 22.7 Å². The molecule has 0 radical (unpaired) electrons. The topological polar surface area (TPSA) is 94.1 Å². The maximum atomic E-state index is 5.32. The largest absolute Gasteiger partial charge is 0.369 e. The zero-order valence-electron chi connectivity index (χ0n) is 12.5. The molecule has 0 aliphatic carbocycles. The second-order valence-electron chi connectivity index (χ2n) is 4.94. The molecular formula is C14H16N6S2. The Bertz CT molecular complexity index is 892. The van der Waals surface area contributed by atoms with Gasteiger partial charge in [0.15, 0.2) is 4.96 Å². The average molecular weight is 332 g/mol. The molecule has 0 saturated carbocycles. The van der Waals surface area contributed by atoms with Gasteiger partial charge in [0, 0.05) is 26.4 Å². The second kappa shape index (κ2) is 5.54. The van der Waals surface area contributed by atoms with Crippen LogP contribution in [0.2, 0.25) is 0 Å². The third-order valence-electron chi connectivity index (χ3n) is 3.13. The van der Waals surface area contributed by atoms with E-state index >= 15 is 0 Å². The van der Waals surface area contributed by atoms with E-state index in [0.717, 1.165) is 21.9 Å². The van der Waals surface area contributed by atoms with Crippen LogP contribution in [0.1, 0.15) is 20.3 Å². The van der Waals surface area contributed by atoms with E-state index < -0.39 is 0 Å². The molecule has 3 aromatic rings. The molecule has 0 aliphatic heterocycles. The summed E-state index contributed by atoms with van der Waals surface area (Å²) in [6.07, 6.45) is 3.69. The van der Waals surface area contributed by atoms with Crippen LogP contribution in [0.25, 0.3) is 16.2 Å². The van der Waals surface area contributed by atoms with E-state index in [1.807, 2.05) is 10.6 Å². The molecule has 0 atom stereocenters. The van der Waals surface area contributed by atoms with Crippen molar-refractivity contribution in [2.75, 3.05) is 0 Å². The number of aromatic nitrogens is 2. The van der Waals surface area contributed by atoms with Crippen molar-refractivity contribution in [2.24, 2.45) is 21.7 Å². The third-order valence-corrected chi connectivity index (χ3v) is 4.99. The zero-order chi connectivity index (χ0) is 15.9. The van der Waals surface area contributed by atoms with Gasteiger partial charge in [-0.25, -0.2) is 4.98 Å². The summed E-state index contributed by atoms with van der Waals surface area (Å²) in [7, 11) is 0. The lowest BCUT2D eigenvalue weighted by molar-refractivity contribution is 1.17. The fourth-order valence-electron chi connectivity index (χ4n) is 2.31. The number of thiazole rings is 1. The summed E-state index contributed by atoms with van der Waals surface area (Å²) >= 11 is 3.40. The first-order chi connectivity index (χ1) is 10.5. The van der Waals surface area contributed by atoms with Crippen molar-refractivity contribution in [3.8, 4) is 11.3 Å². The molecular weight excluding hydrogens is 316 g/mol. The third kappa shape index (κ3) is 2.62. The number of hydrogen-bond acceptors (Lipinski definition) is 5. The van der Waals surface area contributed by atoms with Crippen molar-refractivity contribution in [2.45, 2.75) is 20.8 Å². The van der Waals surface area contributed by atoms with E-state index in [0.29, 0.717) is 0 Å². The Kier molecular flexibility index (Phi) is 3.71. The molecule has 0 saturated heterocycles. The molecule has 0 aliphatic rings. The van der Waals surface area contributed by atoms with Crippen LogP contribution in [0, 0.1) is 20.8 Å². The molecule has 22 heavy (non-hydrogen) atoms. The highest BCUT2D eigenvalue weighted by Crippen LogP contribution is 2.33. The highest BCUT2D eigenvalue weighted by atomic mass is 32.1. The van der Waals surface area contributed by atoms with Crippen molar-refractivity contribution in [3.05, 3.63) is 32.6 Å². The molecule has 3 aromatic heterocycles. The lowest BCUT2D eigenvalue weighted by Gasteiger charge is -1.98. The van der Waals surface area contributed by atoms with Crippen molar-refractivity contribution >= 4 is 39.8 Å². The van der Waals surface area contributed by atoms with Crippen LogP contribution in [-0.2, 0) is 0 Å². The molecule has 0 unspecified atom stereocenters. The predicted octanol–water partition coefficient (Wildman–Crippen LogP) is 2.66. The van der Waals surface area contributed by atoms with Crippen molar-refractivity contribution in [1.82, 2.24) is 9.38 Å². The summed E-state index contributed by atoms with van der Waals surface area (Å²) in [6, 6.07) is 2.15. The number of nitrogens with two attached hydrogens (primary N) is 2. The van der Waals surface area contributed by atoms with Crippen LogP contribution in [0.15, 0.2) is 22.5 Å². The molecule has 3 heterocycles. The number of aryl methyl sites for hydroxylation is 3. The lowest BCUT2D eigenvalue weighted by Crippen LogP contribution is -2.21. The molecule has 6 nitrogen and oxygen atoms in total. The fraction of sp³-hybridized carbons (Fsp3) is 0.214. The Balaban J connectivity index is 2.21. The summed E-state index contributed by atoms with van der Waals surface area (Å²) in [4.78, 5) is 9.37. The summed E-state index contributed by atoms with van der Waals surface area (Å²) in [5, 5.41) is 7.64. The summed E-state index contributed by atoms with van der Waals surface area (Å²) in [6.45, 7) is 6.25. The standard InChI is InChI=1S/C14H16N6S2/c1-7-4-10(9(3)21-7)12-11(5-17-19-13(15)16)20-6-8(2)22-14(20)18-12/h4-6H,1-3H3,(H4,15,16,19)/b17-5+. The van der Waals surface area contributed by atoms with E-state index in [2.05, 4.69) is 37.0 Å². The number of hydrogen-bond donors (Lipinski definition) is 2. The van der Waals surface area contributed by atoms with E-state index in [1.54, 1.807) is 28.9 Å². The van der Waals surface area contributed by atoms with Crippen molar-refractivity contribution in [1.29, 1.82) is 0 Å². The van der Waals surface area contributed by atoms with Gasteiger partial charge in [-0.3, -0.25) is 4.40 Å². The first-order valence-corrected chi connectivity index (χ1v) is 8.27. The Hall–Kier alpha value is -2.19. The Morgan fingerprint density at radius 3 is 2.64 bits per heavy atom. The quantitative estimate of drug-likeness (QED) is 0.438. The summed E-state index contributed by atoms with van der Waals surface area (Å²) in [5.74, 6) is -0.0670. The fourth-order valence-corrected chi connectivity index (χ4v) is 4.07. The molecule has 0 spiro atoms. The number of guanidine groups is 1. The Labute approximate surface area is 135 Å². The molecule has 0 aromatic carbocycles. The van der Waals surface area contributed by atoms with Gasteiger partial charge in [0.2, 0.25) is 5.96 Å². The van der Waals surface area contributed by atoms with E-state index in [-0.39, 0.29) is 5.96 Å². The first-order valence-electron chi connectivity index (χ1n) is 6.63. The highest BCUT2D eigenvalue weighted by Gasteiger charge is 2.17. The number of fused-ring (bicyclic) bond motifs is 1. The van der Waals surface area contributed by atoms with Gasteiger partial charge in [-0.2, -0.15) is 5.10 Å². The maximum Gasteiger partial charge on any atom is 0.211 e. The predicted molar refractivity (Wildman–Crippen MR) is 94.0 cm³/mol. The second-order valence-corrected chi connectivity index (χ2v) is 7.61. The maximum absolute atomic E-state index is 5.32. The van der Waals surface area contributed by atoms with Crippen molar-refractivity contribution in [3.63, 3.8) is 0 Å². The van der Waals surface area contributed by atoms with Crippen LogP contribution in [-0.4, -0.2) is 21.6 Å². The molecule has 0 amide bonds. The zero-order valence-corrected chi connectivity index (χ0v) is 14.1. The number of thiophene rings is 1. The molecule has 3 rings (SSSR count).